The molecule has 0 saturated heterocycles. The van der Waals surface area contributed by atoms with E-state index in [1.807, 2.05) is 39.0 Å². The van der Waals surface area contributed by atoms with Gasteiger partial charge in [0.1, 0.15) is 0 Å². The fourth-order valence-electron chi connectivity index (χ4n) is 2.49. The Kier molecular flexibility index (Phi) is 3.35. The molecule has 1 heterocycles. The molecule has 0 saturated carbocycles. The number of carbonyl (C=O) groups excluding carboxylic acids is 2. The number of carbonyl (C=O) groups is 2. The molecule has 1 aromatic carbocycles. The third-order valence-corrected chi connectivity index (χ3v) is 3.83. The van der Waals surface area contributed by atoms with Crippen LogP contribution in [-0.4, -0.2) is 19.0 Å². The van der Waals surface area contributed by atoms with E-state index in [-0.39, 0.29) is 17.8 Å². The summed E-state index contributed by atoms with van der Waals surface area (Å²) in [7, 11) is 1.40. The van der Waals surface area contributed by atoms with Crippen LogP contribution in [0.5, 0.6) is 0 Å². The predicted molar refractivity (Wildman–Crippen MR) is 73.1 cm³/mol. The lowest BCUT2D eigenvalue weighted by Gasteiger charge is -2.18. The van der Waals surface area contributed by atoms with Gasteiger partial charge in [0, 0.05) is 5.69 Å². The minimum atomic E-state index is -0.556. The Balaban J connectivity index is 2.45. The van der Waals surface area contributed by atoms with Crippen LogP contribution in [0.15, 0.2) is 18.2 Å². The van der Waals surface area contributed by atoms with Gasteiger partial charge in [0.25, 0.3) is 0 Å². The summed E-state index contributed by atoms with van der Waals surface area (Å²) in [5.41, 5.74) is 2.12. The molecule has 0 spiro atoms. The normalized spacial score (nSPS) is 17.6. The zero-order valence-electron chi connectivity index (χ0n) is 11.7. The molecule has 1 N–H and O–H groups in total. The van der Waals surface area contributed by atoms with Gasteiger partial charge in [-0.15, -0.1) is 0 Å². The average Bonchev–Trinajstić information content (AvgIpc) is 2.61. The van der Waals surface area contributed by atoms with Crippen LogP contribution in [0, 0.1) is 0 Å². The van der Waals surface area contributed by atoms with Gasteiger partial charge in [0.15, 0.2) is 0 Å². The first kappa shape index (κ1) is 13.6. The van der Waals surface area contributed by atoms with E-state index in [1.54, 1.807) is 0 Å². The van der Waals surface area contributed by atoms with E-state index < -0.39 is 5.41 Å². The van der Waals surface area contributed by atoms with Gasteiger partial charge in [0.05, 0.1) is 18.4 Å². The number of amides is 1. The Hall–Kier alpha value is -1.84. The summed E-state index contributed by atoms with van der Waals surface area (Å²) >= 11 is 0. The zero-order valence-corrected chi connectivity index (χ0v) is 11.7. The van der Waals surface area contributed by atoms with Crippen LogP contribution >= 0.6 is 0 Å². The van der Waals surface area contributed by atoms with Gasteiger partial charge in [-0.05, 0) is 37.5 Å². The van der Waals surface area contributed by atoms with Crippen molar-refractivity contribution in [3.63, 3.8) is 0 Å². The molecule has 1 unspecified atom stereocenters. The molecule has 1 aliphatic rings. The molecule has 1 aromatic rings. The number of benzene rings is 1. The van der Waals surface area contributed by atoms with Crippen LogP contribution in [0.3, 0.4) is 0 Å². The summed E-state index contributed by atoms with van der Waals surface area (Å²) in [6, 6.07) is 5.69. The molecule has 19 heavy (non-hydrogen) atoms. The first-order valence-corrected chi connectivity index (χ1v) is 6.45. The Morgan fingerprint density at radius 2 is 2.11 bits per heavy atom. The molecular weight excluding hydrogens is 242 g/mol. The Labute approximate surface area is 113 Å². The van der Waals surface area contributed by atoms with Crippen molar-refractivity contribution in [2.45, 2.75) is 38.5 Å². The molecule has 0 bridgehead atoms. The Morgan fingerprint density at radius 1 is 1.42 bits per heavy atom. The fraction of sp³-hybridized carbons (Fsp3) is 0.467. The van der Waals surface area contributed by atoms with Crippen molar-refractivity contribution < 1.29 is 14.3 Å². The number of fused-ring (bicyclic) bond motifs is 1. The monoisotopic (exact) mass is 261 g/mol. The number of ether oxygens (including phenoxy) is 1. The second-order valence-corrected chi connectivity index (χ2v) is 5.37. The highest BCUT2D eigenvalue weighted by molar-refractivity contribution is 6.05. The number of hydrogen-bond donors (Lipinski definition) is 1. The minimum Gasteiger partial charge on any atom is -0.469 e. The second-order valence-electron chi connectivity index (χ2n) is 5.37. The third kappa shape index (κ3) is 2.11. The fourth-order valence-corrected chi connectivity index (χ4v) is 2.49. The van der Waals surface area contributed by atoms with E-state index in [0.29, 0.717) is 6.42 Å². The Bertz CT molecular complexity index is 534. The van der Waals surface area contributed by atoms with E-state index in [4.69, 9.17) is 4.74 Å². The molecule has 0 aromatic heterocycles. The van der Waals surface area contributed by atoms with Crippen LogP contribution in [-0.2, 0) is 19.7 Å². The second kappa shape index (κ2) is 4.68. The summed E-state index contributed by atoms with van der Waals surface area (Å²) in [4.78, 5) is 23.7. The number of hydrogen-bond acceptors (Lipinski definition) is 3. The first-order valence-electron chi connectivity index (χ1n) is 6.45. The van der Waals surface area contributed by atoms with Crippen LogP contribution in [0.4, 0.5) is 5.69 Å². The molecule has 0 radical (unpaired) electrons. The van der Waals surface area contributed by atoms with Crippen molar-refractivity contribution in [3.8, 4) is 0 Å². The molecule has 1 aliphatic heterocycles. The van der Waals surface area contributed by atoms with Gasteiger partial charge in [-0.2, -0.15) is 0 Å². The third-order valence-electron chi connectivity index (χ3n) is 3.83. The van der Waals surface area contributed by atoms with E-state index >= 15 is 0 Å². The van der Waals surface area contributed by atoms with Gasteiger partial charge < -0.3 is 10.1 Å². The quantitative estimate of drug-likeness (QED) is 0.851. The van der Waals surface area contributed by atoms with Crippen LogP contribution in [0.2, 0.25) is 0 Å². The Morgan fingerprint density at radius 3 is 2.68 bits per heavy atom. The molecule has 4 nitrogen and oxygen atoms in total. The maximum atomic E-state index is 11.9. The van der Waals surface area contributed by atoms with Crippen molar-refractivity contribution >= 4 is 17.6 Å². The molecule has 4 heteroatoms. The van der Waals surface area contributed by atoms with Gasteiger partial charge in [-0.1, -0.05) is 19.1 Å². The van der Waals surface area contributed by atoms with Gasteiger partial charge in [-0.25, -0.2) is 0 Å². The summed E-state index contributed by atoms with van der Waals surface area (Å²) in [5, 5.41) is 2.86. The standard InChI is InChI=1S/C15H19NO3/c1-5-10(13(17)19-4)9-6-7-12-11(8-9)15(2,3)14(18)16-12/h6-8,10H,5H2,1-4H3,(H,16,18). The van der Waals surface area contributed by atoms with Crippen molar-refractivity contribution in [2.75, 3.05) is 12.4 Å². The highest BCUT2D eigenvalue weighted by atomic mass is 16.5. The summed E-state index contributed by atoms with van der Waals surface area (Å²) in [5.74, 6) is -0.523. The molecule has 102 valence electrons. The average molecular weight is 261 g/mol. The molecule has 0 fully saturated rings. The van der Waals surface area contributed by atoms with E-state index in [1.165, 1.54) is 7.11 Å². The van der Waals surface area contributed by atoms with Gasteiger partial charge in [-0.3, -0.25) is 9.59 Å². The zero-order chi connectivity index (χ0) is 14.2. The smallest absolute Gasteiger partial charge is 0.313 e. The van der Waals surface area contributed by atoms with Crippen molar-refractivity contribution in [2.24, 2.45) is 0 Å². The topological polar surface area (TPSA) is 55.4 Å². The molecule has 1 atom stereocenters. The van der Waals surface area contributed by atoms with E-state index in [0.717, 1.165) is 16.8 Å². The van der Waals surface area contributed by atoms with Crippen LogP contribution in [0.1, 0.15) is 44.2 Å². The largest absolute Gasteiger partial charge is 0.469 e. The van der Waals surface area contributed by atoms with Crippen molar-refractivity contribution in [3.05, 3.63) is 29.3 Å². The minimum absolute atomic E-state index is 0.00855. The number of methoxy groups -OCH3 is 1. The number of rotatable bonds is 3. The lowest BCUT2D eigenvalue weighted by molar-refractivity contribution is -0.142. The summed E-state index contributed by atoms with van der Waals surface area (Å²) in [6.07, 6.45) is 0.674. The number of nitrogens with one attached hydrogen (secondary N) is 1. The summed E-state index contributed by atoms with van der Waals surface area (Å²) < 4.78 is 4.83. The van der Waals surface area contributed by atoms with Crippen molar-refractivity contribution in [1.29, 1.82) is 0 Å². The van der Waals surface area contributed by atoms with Gasteiger partial charge in [0.2, 0.25) is 5.91 Å². The first-order chi connectivity index (χ1) is 8.91. The SMILES string of the molecule is CCC(C(=O)OC)c1ccc2c(c1)C(C)(C)C(=O)N2. The molecular formula is C15H19NO3. The summed E-state index contributed by atoms with van der Waals surface area (Å²) in [6.45, 7) is 5.72. The van der Waals surface area contributed by atoms with E-state index in [2.05, 4.69) is 5.32 Å². The van der Waals surface area contributed by atoms with E-state index in [9.17, 15) is 9.59 Å². The lowest BCUT2D eigenvalue weighted by Crippen LogP contribution is -2.27. The van der Waals surface area contributed by atoms with Gasteiger partial charge >= 0.3 is 5.97 Å². The molecule has 2 rings (SSSR count). The number of anilines is 1. The van der Waals surface area contributed by atoms with Crippen LogP contribution < -0.4 is 5.32 Å². The highest BCUT2D eigenvalue weighted by Crippen LogP contribution is 2.39. The predicted octanol–water partition coefficient (Wildman–Crippen LogP) is 2.58. The maximum absolute atomic E-state index is 11.9. The molecule has 0 aliphatic carbocycles. The maximum Gasteiger partial charge on any atom is 0.313 e. The number of esters is 1. The highest BCUT2D eigenvalue weighted by Gasteiger charge is 2.38. The van der Waals surface area contributed by atoms with Crippen LogP contribution in [0.25, 0.3) is 0 Å². The van der Waals surface area contributed by atoms with Crippen molar-refractivity contribution in [1.82, 2.24) is 0 Å². The molecule has 1 amide bonds. The lowest BCUT2D eigenvalue weighted by atomic mass is 9.83.